The van der Waals surface area contributed by atoms with Gasteiger partial charge in [-0.3, -0.25) is 0 Å². The van der Waals surface area contributed by atoms with E-state index in [2.05, 4.69) is 48.4 Å². The van der Waals surface area contributed by atoms with Gasteiger partial charge in [0.2, 0.25) is 0 Å². The van der Waals surface area contributed by atoms with Crippen molar-refractivity contribution in [1.29, 1.82) is 0 Å². The maximum Gasteiger partial charge on any atom is 0.0525 e. The molecule has 0 saturated heterocycles. The minimum Gasteiger partial charge on any atom is -0.224 e. The van der Waals surface area contributed by atoms with Crippen LogP contribution in [0.1, 0.15) is 31.4 Å². The molecule has 0 saturated carbocycles. The Labute approximate surface area is 85.4 Å². The minimum atomic E-state index is 0.973. The van der Waals surface area contributed by atoms with Gasteiger partial charge in [0.05, 0.1) is 5.71 Å². The summed E-state index contributed by atoms with van der Waals surface area (Å²) < 4.78 is 3.87. The molecule has 0 aliphatic heterocycles. The van der Waals surface area contributed by atoms with Gasteiger partial charge in [-0.05, 0) is 43.4 Å². The Bertz CT molecular complexity index is 305. The van der Waals surface area contributed by atoms with Crippen molar-refractivity contribution in [3.63, 3.8) is 0 Å². The second kappa shape index (κ2) is 5.07. The van der Waals surface area contributed by atoms with E-state index in [4.69, 9.17) is 0 Å². The maximum atomic E-state index is 3.90. The second-order valence-electron chi connectivity index (χ2n) is 3.14. The lowest BCUT2D eigenvalue weighted by Crippen LogP contribution is -1.94. The predicted molar refractivity (Wildman–Crippen MR) is 61.6 cm³/mol. The first-order valence-electron chi connectivity index (χ1n) is 4.56. The van der Waals surface area contributed by atoms with E-state index >= 15 is 0 Å². The quantitative estimate of drug-likeness (QED) is 0.558. The number of nitrogens with zero attached hydrogens (tertiary/aromatic N) is 1. The highest BCUT2D eigenvalue weighted by atomic mass is 32.1. The molecule has 1 nitrogen and oxygen atoms in total. The molecule has 0 N–H and O–H groups in total. The fraction of sp³-hybridized carbons (Fsp3) is 0.364. The van der Waals surface area contributed by atoms with Gasteiger partial charge in [-0.2, -0.15) is 0 Å². The fourth-order valence-electron chi connectivity index (χ4n) is 1.30. The van der Waals surface area contributed by atoms with E-state index in [0.29, 0.717) is 0 Å². The van der Waals surface area contributed by atoms with Gasteiger partial charge >= 0.3 is 0 Å². The largest absolute Gasteiger partial charge is 0.224 e. The Hall–Kier alpha value is -0.760. The molecule has 0 bridgehead atoms. The van der Waals surface area contributed by atoms with Crippen LogP contribution < -0.4 is 0 Å². The van der Waals surface area contributed by atoms with Crippen LogP contribution in [0, 0.1) is 0 Å². The molecule has 0 heterocycles. The number of hydrogen-bond acceptors (Lipinski definition) is 2. The van der Waals surface area contributed by atoms with Crippen molar-refractivity contribution in [3.05, 3.63) is 35.4 Å². The highest BCUT2D eigenvalue weighted by molar-refractivity contribution is 7.79. The molecule has 0 fully saturated rings. The van der Waals surface area contributed by atoms with Crippen molar-refractivity contribution in [2.75, 3.05) is 0 Å². The molecule has 0 spiro atoms. The van der Waals surface area contributed by atoms with E-state index in [1.54, 1.807) is 0 Å². The first-order valence-corrected chi connectivity index (χ1v) is 4.96. The van der Waals surface area contributed by atoms with Crippen LogP contribution in [-0.4, -0.2) is 5.71 Å². The number of rotatable bonds is 3. The fourth-order valence-corrected chi connectivity index (χ4v) is 1.41. The average Bonchev–Trinajstić information content (AvgIpc) is 2.18. The molecule has 0 aliphatic carbocycles. The molecule has 1 aromatic rings. The topological polar surface area (TPSA) is 12.4 Å². The van der Waals surface area contributed by atoms with Crippen LogP contribution in [0.5, 0.6) is 0 Å². The highest BCUT2D eigenvalue weighted by Crippen LogP contribution is 2.09. The molecular formula is C11H15NS. The van der Waals surface area contributed by atoms with Gasteiger partial charge in [0.1, 0.15) is 0 Å². The molecule has 70 valence electrons. The molecule has 1 aromatic carbocycles. The normalized spacial score (nSPS) is 11.8. The van der Waals surface area contributed by atoms with Crippen molar-refractivity contribution in [1.82, 2.24) is 0 Å². The molecular weight excluding hydrogens is 178 g/mol. The average molecular weight is 193 g/mol. The predicted octanol–water partition coefficient (Wildman–Crippen LogP) is 3.29. The van der Waals surface area contributed by atoms with Gasteiger partial charge in [0.15, 0.2) is 0 Å². The summed E-state index contributed by atoms with van der Waals surface area (Å²) in [4.78, 5) is 0. The molecule has 0 unspecified atom stereocenters. The summed E-state index contributed by atoms with van der Waals surface area (Å²) in [6.07, 6.45) is 2.31. The first kappa shape index (κ1) is 10.3. The van der Waals surface area contributed by atoms with Crippen LogP contribution in [0.3, 0.4) is 0 Å². The molecule has 2 heteroatoms. The van der Waals surface area contributed by atoms with Gasteiger partial charge in [-0.15, -0.1) is 0 Å². The number of benzene rings is 1. The van der Waals surface area contributed by atoms with E-state index in [9.17, 15) is 0 Å². The summed E-state index contributed by atoms with van der Waals surface area (Å²) in [6.45, 7) is 4.16. The van der Waals surface area contributed by atoms with Crippen LogP contribution >= 0.6 is 12.8 Å². The third kappa shape index (κ3) is 2.88. The maximum absolute atomic E-state index is 3.90. The first-order chi connectivity index (χ1) is 6.27. The third-order valence-corrected chi connectivity index (χ3v) is 2.33. The number of aryl methyl sites for hydroxylation is 1. The van der Waals surface area contributed by atoms with Gasteiger partial charge in [0, 0.05) is 0 Å². The molecule has 0 atom stereocenters. The van der Waals surface area contributed by atoms with Crippen LogP contribution in [0.4, 0.5) is 0 Å². The molecule has 0 amide bonds. The summed E-state index contributed by atoms with van der Waals surface area (Å²) in [5.74, 6) is 0. The lowest BCUT2D eigenvalue weighted by Gasteiger charge is -2.02. The standard InChI is InChI=1S/C11H15NS/c1-3-5-10-6-4-7-11(8-10)9(2)12-13/h4,6-8,13H,3,5H2,1-2H3/b12-9-. The highest BCUT2D eigenvalue weighted by Gasteiger charge is 1.97. The Balaban J connectivity index is 2.91. The van der Waals surface area contributed by atoms with Gasteiger partial charge in [-0.1, -0.05) is 31.5 Å². The lowest BCUT2D eigenvalue weighted by atomic mass is 10.0. The van der Waals surface area contributed by atoms with Crippen LogP contribution in [-0.2, 0) is 6.42 Å². The van der Waals surface area contributed by atoms with Crippen LogP contribution in [0.2, 0.25) is 0 Å². The summed E-state index contributed by atoms with van der Waals surface area (Å²) in [6, 6.07) is 8.47. The zero-order chi connectivity index (χ0) is 9.68. The molecule has 13 heavy (non-hydrogen) atoms. The SMILES string of the molecule is CCCc1cccc(/C(C)=N\S)c1. The number of thiol groups is 1. The third-order valence-electron chi connectivity index (χ3n) is 2.03. The van der Waals surface area contributed by atoms with Crippen molar-refractivity contribution >= 4 is 18.5 Å². The Kier molecular flexibility index (Phi) is 4.03. The smallest absolute Gasteiger partial charge is 0.0525 e. The van der Waals surface area contributed by atoms with Crippen molar-refractivity contribution in [3.8, 4) is 0 Å². The van der Waals surface area contributed by atoms with Crippen LogP contribution in [0.25, 0.3) is 0 Å². The van der Waals surface area contributed by atoms with E-state index in [-0.39, 0.29) is 0 Å². The Morgan fingerprint density at radius 2 is 2.23 bits per heavy atom. The van der Waals surface area contributed by atoms with Crippen molar-refractivity contribution in [2.45, 2.75) is 26.7 Å². The molecule has 0 aliphatic rings. The monoisotopic (exact) mass is 193 g/mol. The summed E-state index contributed by atoms with van der Waals surface area (Å²) in [5, 5.41) is 0. The molecule has 1 rings (SSSR count). The van der Waals surface area contributed by atoms with Gasteiger partial charge in [-0.25, -0.2) is 4.40 Å². The Morgan fingerprint density at radius 3 is 2.85 bits per heavy atom. The number of hydrogen-bond donors (Lipinski definition) is 1. The van der Waals surface area contributed by atoms with Crippen molar-refractivity contribution < 1.29 is 0 Å². The zero-order valence-electron chi connectivity index (χ0n) is 8.12. The molecule has 0 aromatic heterocycles. The Morgan fingerprint density at radius 1 is 1.46 bits per heavy atom. The molecule has 0 radical (unpaired) electrons. The second-order valence-corrected chi connectivity index (χ2v) is 3.34. The van der Waals surface area contributed by atoms with Crippen LogP contribution in [0.15, 0.2) is 28.7 Å². The van der Waals surface area contributed by atoms with E-state index in [1.807, 2.05) is 6.92 Å². The van der Waals surface area contributed by atoms with Gasteiger partial charge in [0.25, 0.3) is 0 Å². The summed E-state index contributed by atoms with van der Waals surface area (Å²) in [5.41, 5.74) is 3.51. The van der Waals surface area contributed by atoms with E-state index in [1.165, 1.54) is 17.5 Å². The van der Waals surface area contributed by atoms with E-state index < -0.39 is 0 Å². The summed E-state index contributed by atoms with van der Waals surface area (Å²) >= 11 is 3.90. The van der Waals surface area contributed by atoms with Gasteiger partial charge < -0.3 is 0 Å². The summed E-state index contributed by atoms with van der Waals surface area (Å²) in [7, 11) is 0. The minimum absolute atomic E-state index is 0.973. The van der Waals surface area contributed by atoms with Crippen molar-refractivity contribution in [2.24, 2.45) is 4.40 Å². The zero-order valence-corrected chi connectivity index (χ0v) is 9.01. The van der Waals surface area contributed by atoms with E-state index in [0.717, 1.165) is 12.1 Å². The lowest BCUT2D eigenvalue weighted by molar-refractivity contribution is 0.921.